The number of nitro benzene ring substituents is 1. The summed E-state index contributed by atoms with van der Waals surface area (Å²) in [7, 11) is 0. The summed E-state index contributed by atoms with van der Waals surface area (Å²) in [6.45, 7) is 0. The Morgan fingerprint density at radius 3 is 2.23 bits per heavy atom. The van der Waals surface area contributed by atoms with Crippen LogP contribution in [0, 0.1) is 10.1 Å². The molecule has 0 saturated carbocycles. The lowest BCUT2D eigenvalue weighted by atomic mass is 9.95. The molecule has 1 aliphatic rings. The maximum atomic E-state index is 13.1. The molecule has 4 rings (SSSR count). The molecule has 1 heterocycles. The van der Waals surface area contributed by atoms with Gasteiger partial charge in [0.05, 0.1) is 21.6 Å². The molecule has 10 nitrogen and oxygen atoms in total. The maximum Gasteiger partial charge on any atom is 0.339 e. The number of carbonyl (C=O) groups excluding carboxylic acids is 2. The van der Waals surface area contributed by atoms with Crippen molar-refractivity contribution in [2.24, 2.45) is 0 Å². The van der Waals surface area contributed by atoms with Gasteiger partial charge in [0.1, 0.15) is 17.1 Å². The van der Waals surface area contributed by atoms with Crippen LogP contribution in [0.15, 0.2) is 72.3 Å². The number of anilines is 1. The monoisotopic (exact) mass is 494 g/mol. The zero-order valence-corrected chi connectivity index (χ0v) is 18.3. The lowest BCUT2D eigenvalue weighted by Crippen LogP contribution is -2.29. The van der Waals surface area contributed by atoms with Gasteiger partial charge in [-0.15, -0.1) is 0 Å². The third-order valence-electron chi connectivity index (χ3n) is 5.48. The van der Waals surface area contributed by atoms with E-state index in [1.54, 1.807) is 12.1 Å². The molecule has 35 heavy (non-hydrogen) atoms. The van der Waals surface area contributed by atoms with Crippen molar-refractivity contribution in [1.29, 1.82) is 0 Å². The van der Waals surface area contributed by atoms with E-state index >= 15 is 0 Å². The van der Waals surface area contributed by atoms with Crippen LogP contribution in [-0.4, -0.2) is 37.9 Å². The van der Waals surface area contributed by atoms with Gasteiger partial charge in [0.25, 0.3) is 17.4 Å². The summed E-state index contributed by atoms with van der Waals surface area (Å²) in [4.78, 5) is 49.2. The maximum absolute atomic E-state index is 13.1. The highest BCUT2D eigenvalue weighted by Gasteiger charge is 2.47. The Kier molecular flexibility index (Phi) is 5.98. The van der Waals surface area contributed by atoms with Gasteiger partial charge < -0.3 is 15.3 Å². The summed E-state index contributed by atoms with van der Waals surface area (Å²) in [5.41, 5.74) is -0.845. The van der Waals surface area contributed by atoms with Crippen LogP contribution >= 0.6 is 11.6 Å². The first-order valence-corrected chi connectivity index (χ1v) is 10.4. The zero-order chi connectivity index (χ0) is 25.4. The van der Waals surface area contributed by atoms with Crippen molar-refractivity contribution in [1.82, 2.24) is 0 Å². The Balaban J connectivity index is 1.98. The second-order valence-electron chi connectivity index (χ2n) is 7.50. The fourth-order valence-corrected chi connectivity index (χ4v) is 4.06. The molecule has 3 N–H and O–H groups in total. The summed E-state index contributed by atoms with van der Waals surface area (Å²) in [6, 6.07) is 13.1. The number of hydrogen-bond acceptors (Lipinski definition) is 7. The smallest absolute Gasteiger partial charge is 0.339 e. The van der Waals surface area contributed by atoms with Gasteiger partial charge in [0.15, 0.2) is 0 Å². The molecule has 1 aliphatic heterocycles. The number of aliphatic hydroxyl groups is 1. The summed E-state index contributed by atoms with van der Waals surface area (Å²) < 4.78 is 0. The van der Waals surface area contributed by atoms with Crippen molar-refractivity contribution in [3.63, 3.8) is 0 Å². The molecule has 3 aromatic rings. The Hall–Kier alpha value is -4.70. The summed E-state index contributed by atoms with van der Waals surface area (Å²) in [5.74, 6) is -4.75. The molecule has 11 heteroatoms. The van der Waals surface area contributed by atoms with Crippen LogP contribution in [0.3, 0.4) is 0 Å². The molecule has 3 aromatic carbocycles. The Morgan fingerprint density at radius 2 is 1.63 bits per heavy atom. The van der Waals surface area contributed by atoms with E-state index in [1.165, 1.54) is 42.5 Å². The van der Waals surface area contributed by atoms with Crippen LogP contribution in [0.4, 0.5) is 11.4 Å². The second-order valence-corrected chi connectivity index (χ2v) is 7.91. The summed E-state index contributed by atoms with van der Waals surface area (Å²) in [5, 5.41) is 41.5. The van der Waals surface area contributed by atoms with Gasteiger partial charge in [-0.1, -0.05) is 23.7 Å². The van der Waals surface area contributed by atoms with Crippen LogP contribution in [0.1, 0.15) is 27.5 Å². The minimum absolute atomic E-state index is 0.0520. The number of amides is 1. The molecular formula is C24H15ClN2O8. The van der Waals surface area contributed by atoms with Crippen LogP contribution in [0.25, 0.3) is 5.76 Å². The Labute approximate surface area is 202 Å². The molecule has 0 radical (unpaired) electrons. The minimum atomic E-state index is -1.47. The van der Waals surface area contributed by atoms with Crippen molar-refractivity contribution in [2.75, 3.05) is 4.90 Å². The van der Waals surface area contributed by atoms with E-state index in [2.05, 4.69) is 0 Å². The van der Waals surface area contributed by atoms with Gasteiger partial charge in [-0.05, 0) is 48.0 Å². The summed E-state index contributed by atoms with van der Waals surface area (Å²) in [6.07, 6.45) is 0. The fourth-order valence-electron chi connectivity index (χ4n) is 3.84. The predicted molar refractivity (Wildman–Crippen MR) is 124 cm³/mol. The second kappa shape index (κ2) is 8.92. The Bertz CT molecular complexity index is 1430. The highest BCUT2D eigenvalue weighted by molar-refractivity contribution is 6.52. The number of nitro groups is 1. The number of rotatable bonds is 5. The number of carbonyl (C=O) groups is 3. The predicted octanol–water partition coefficient (Wildman–Crippen LogP) is 4.28. The van der Waals surface area contributed by atoms with Crippen LogP contribution in [0.5, 0.6) is 5.75 Å². The zero-order valence-electron chi connectivity index (χ0n) is 17.6. The van der Waals surface area contributed by atoms with Gasteiger partial charge in [-0.3, -0.25) is 24.6 Å². The van der Waals surface area contributed by atoms with Crippen molar-refractivity contribution >= 4 is 46.4 Å². The number of hydrogen-bond donors (Lipinski definition) is 3. The van der Waals surface area contributed by atoms with E-state index in [0.29, 0.717) is 0 Å². The van der Waals surface area contributed by atoms with Crippen LogP contribution in [-0.2, 0) is 9.59 Å². The average molecular weight is 495 g/mol. The Morgan fingerprint density at radius 1 is 0.971 bits per heavy atom. The van der Waals surface area contributed by atoms with Crippen LogP contribution in [0.2, 0.25) is 5.02 Å². The van der Waals surface area contributed by atoms with E-state index in [-0.39, 0.29) is 33.1 Å². The number of halogens is 1. The van der Waals surface area contributed by atoms with Gasteiger partial charge in [-0.25, -0.2) is 4.79 Å². The van der Waals surface area contributed by atoms with E-state index in [4.69, 9.17) is 11.6 Å². The number of aliphatic hydroxyl groups excluding tert-OH is 1. The number of ketones is 1. The molecule has 0 spiro atoms. The largest absolute Gasteiger partial charge is 0.507 e. The standard InChI is InChI=1S/C24H15ClN2O8/c25-17-4-2-1-3-15(17)21(29)19-20(12-5-7-13(8-6-12)27(34)35)26(23(31)22(19)30)14-9-10-18(28)16(11-14)24(32)33/h1-11,20,28-29H,(H,32,33). The quantitative estimate of drug-likeness (QED) is 0.156. The number of aromatic carboxylic acids is 1. The third kappa shape index (κ3) is 4.06. The number of benzene rings is 3. The van der Waals surface area contributed by atoms with Gasteiger partial charge in [0.2, 0.25) is 0 Å². The van der Waals surface area contributed by atoms with Gasteiger partial charge in [-0.2, -0.15) is 0 Å². The summed E-state index contributed by atoms with van der Waals surface area (Å²) >= 11 is 6.19. The first-order chi connectivity index (χ1) is 16.6. The molecule has 1 amide bonds. The molecule has 1 atom stereocenters. The number of non-ortho nitro benzene ring substituents is 1. The van der Waals surface area contributed by atoms with Crippen molar-refractivity contribution in [2.45, 2.75) is 6.04 Å². The highest BCUT2D eigenvalue weighted by Crippen LogP contribution is 2.43. The molecule has 0 aromatic heterocycles. The molecule has 1 unspecified atom stereocenters. The minimum Gasteiger partial charge on any atom is -0.507 e. The normalized spacial score (nSPS) is 16.9. The molecule has 176 valence electrons. The first-order valence-electron chi connectivity index (χ1n) is 9.98. The lowest BCUT2D eigenvalue weighted by molar-refractivity contribution is -0.384. The van der Waals surface area contributed by atoms with Crippen molar-refractivity contribution < 1.29 is 34.6 Å². The van der Waals surface area contributed by atoms with E-state index in [1.807, 2.05) is 0 Å². The SMILES string of the molecule is O=C1C(=O)N(c2ccc(O)c(C(=O)O)c2)C(c2ccc([N+](=O)[O-])cc2)C1=C(O)c1ccccc1Cl. The molecule has 0 aliphatic carbocycles. The van der Waals surface area contributed by atoms with E-state index in [9.17, 15) is 39.8 Å². The molecule has 0 bridgehead atoms. The third-order valence-corrected chi connectivity index (χ3v) is 5.81. The number of carboxylic acids is 1. The highest BCUT2D eigenvalue weighted by atomic mass is 35.5. The molecular weight excluding hydrogens is 480 g/mol. The number of phenols is 1. The number of aromatic hydroxyl groups is 1. The van der Waals surface area contributed by atoms with Crippen molar-refractivity contribution in [3.8, 4) is 5.75 Å². The number of nitrogens with zero attached hydrogens (tertiary/aromatic N) is 2. The average Bonchev–Trinajstić information content (AvgIpc) is 3.09. The fraction of sp³-hybridized carbons (Fsp3) is 0.0417. The van der Waals surface area contributed by atoms with Gasteiger partial charge in [0, 0.05) is 23.4 Å². The van der Waals surface area contributed by atoms with E-state index < -0.39 is 45.7 Å². The lowest BCUT2D eigenvalue weighted by Gasteiger charge is -2.25. The molecule has 1 saturated heterocycles. The topological polar surface area (TPSA) is 158 Å². The number of Topliss-reactive ketones (excluding diaryl/α,β-unsaturated/α-hetero) is 1. The van der Waals surface area contributed by atoms with Crippen LogP contribution < -0.4 is 4.90 Å². The van der Waals surface area contributed by atoms with E-state index in [0.717, 1.165) is 17.0 Å². The van der Waals surface area contributed by atoms with Crippen molar-refractivity contribution in [3.05, 3.63) is 104 Å². The molecule has 1 fully saturated rings. The van der Waals surface area contributed by atoms with Gasteiger partial charge >= 0.3 is 5.97 Å². The first kappa shape index (κ1) is 23.5. The number of carboxylic acid groups (broad SMARTS) is 1.